The van der Waals surface area contributed by atoms with Gasteiger partial charge in [-0.25, -0.2) is 0 Å². The third-order valence-electron chi connectivity index (χ3n) is 1.46. The first-order chi connectivity index (χ1) is 5.79. The summed E-state index contributed by atoms with van der Waals surface area (Å²) in [6, 6.07) is 10.5. The molecule has 0 aliphatic rings. The zero-order chi connectivity index (χ0) is 8.81. The fourth-order valence-electron chi connectivity index (χ4n) is 0.917. The van der Waals surface area contributed by atoms with Crippen LogP contribution < -0.4 is 0 Å². The molecule has 1 rings (SSSR count). The Balaban J connectivity index is 2.29. The maximum atomic E-state index is 3.87. The zero-order valence-electron chi connectivity index (χ0n) is 7.42. The predicted molar refractivity (Wildman–Crippen MR) is 57.4 cm³/mol. The van der Waals surface area contributed by atoms with E-state index in [1.54, 1.807) is 0 Å². The molecule has 1 aromatic carbocycles. The van der Waals surface area contributed by atoms with E-state index in [1.807, 2.05) is 17.8 Å². The van der Waals surface area contributed by atoms with Crippen LogP contribution in [-0.4, -0.2) is 5.75 Å². The Morgan fingerprint density at radius 3 is 2.58 bits per heavy atom. The topological polar surface area (TPSA) is 0 Å². The monoisotopic (exact) mass is 178 g/mol. The Bertz CT molecular complexity index is 238. The van der Waals surface area contributed by atoms with Gasteiger partial charge >= 0.3 is 0 Å². The second-order valence-electron chi connectivity index (χ2n) is 2.94. The van der Waals surface area contributed by atoms with Crippen molar-refractivity contribution in [3.05, 3.63) is 48.0 Å². The maximum absolute atomic E-state index is 3.87. The van der Waals surface area contributed by atoms with Crippen LogP contribution in [-0.2, 0) is 5.75 Å². The van der Waals surface area contributed by atoms with Crippen LogP contribution in [0.1, 0.15) is 12.5 Å². The third kappa shape index (κ3) is 3.63. The summed E-state index contributed by atoms with van der Waals surface area (Å²) in [6.45, 7) is 5.93. The molecule has 0 N–H and O–H groups in total. The van der Waals surface area contributed by atoms with Crippen molar-refractivity contribution in [2.24, 2.45) is 0 Å². The number of hydrogen-bond donors (Lipinski definition) is 0. The molecule has 0 aliphatic carbocycles. The maximum Gasteiger partial charge on any atom is 0.0187 e. The highest BCUT2D eigenvalue weighted by Crippen LogP contribution is 2.13. The highest BCUT2D eigenvalue weighted by molar-refractivity contribution is 7.98. The standard InChI is InChI=1S/C11H14S/c1-10(2)8-12-9-11-6-4-3-5-7-11/h3-7H,1,8-9H2,2H3. The lowest BCUT2D eigenvalue weighted by molar-refractivity contribution is 1.38. The van der Waals surface area contributed by atoms with Gasteiger partial charge in [-0.15, -0.1) is 0 Å². The van der Waals surface area contributed by atoms with E-state index in [1.165, 1.54) is 11.1 Å². The van der Waals surface area contributed by atoms with Crippen LogP contribution in [0.25, 0.3) is 0 Å². The van der Waals surface area contributed by atoms with Gasteiger partial charge in [0.25, 0.3) is 0 Å². The van der Waals surface area contributed by atoms with Gasteiger partial charge in [0.2, 0.25) is 0 Å². The van der Waals surface area contributed by atoms with Gasteiger partial charge in [-0.3, -0.25) is 0 Å². The first kappa shape index (κ1) is 9.40. The van der Waals surface area contributed by atoms with Crippen molar-refractivity contribution < 1.29 is 0 Å². The molecule has 0 saturated carbocycles. The van der Waals surface area contributed by atoms with Crippen molar-refractivity contribution in [3.8, 4) is 0 Å². The molecule has 0 spiro atoms. The first-order valence-corrected chi connectivity index (χ1v) is 5.20. The van der Waals surface area contributed by atoms with Gasteiger partial charge in [-0.2, -0.15) is 11.8 Å². The van der Waals surface area contributed by atoms with E-state index in [4.69, 9.17) is 0 Å². The Morgan fingerprint density at radius 1 is 1.33 bits per heavy atom. The van der Waals surface area contributed by atoms with Crippen molar-refractivity contribution in [2.45, 2.75) is 12.7 Å². The van der Waals surface area contributed by atoms with Gasteiger partial charge in [0.15, 0.2) is 0 Å². The Kier molecular flexibility index (Phi) is 3.95. The predicted octanol–water partition coefficient (Wildman–Crippen LogP) is 3.50. The molecular weight excluding hydrogens is 164 g/mol. The molecule has 0 amide bonds. The average Bonchev–Trinajstić information content (AvgIpc) is 2.05. The highest BCUT2D eigenvalue weighted by Gasteiger charge is 1.91. The summed E-state index contributed by atoms with van der Waals surface area (Å²) in [5.74, 6) is 2.16. The van der Waals surface area contributed by atoms with Gasteiger partial charge in [0.1, 0.15) is 0 Å². The average molecular weight is 178 g/mol. The van der Waals surface area contributed by atoms with Crippen molar-refractivity contribution in [1.29, 1.82) is 0 Å². The Hall–Kier alpha value is -0.690. The van der Waals surface area contributed by atoms with Crippen LogP contribution in [0.5, 0.6) is 0 Å². The first-order valence-electron chi connectivity index (χ1n) is 4.05. The minimum absolute atomic E-state index is 1.06. The quantitative estimate of drug-likeness (QED) is 0.636. The minimum atomic E-state index is 1.06. The normalized spacial score (nSPS) is 9.75. The minimum Gasteiger partial charge on any atom is -0.153 e. The smallest absolute Gasteiger partial charge is 0.0187 e. The molecule has 0 atom stereocenters. The summed E-state index contributed by atoms with van der Waals surface area (Å²) in [5, 5.41) is 0. The zero-order valence-corrected chi connectivity index (χ0v) is 8.23. The van der Waals surface area contributed by atoms with Gasteiger partial charge < -0.3 is 0 Å². The second-order valence-corrected chi connectivity index (χ2v) is 3.92. The van der Waals surface area contributed by atoms with E-state index >= 15 is 0 Å². The summed E-state index contributed by atoms with van der Waals surface area (Å²) in [4.78, 5) is 0. The molecule has 64 valence electrons. The van der Waals surface area contributed by atoms with Crippen molar-refractivity contribution >= 4 is 11.8 Å². The van der Waals surface area contributed by atoms with Gasteiger partial charge in [0.05, 0.1) is 0 Å². The second kappa shape index (κ2) is 5.04. The van der Waals surface area contributed by atoms with Crippen molar-refractivity contribution in [2.75, 3.05) is 5.75 Å². The summed E-state index contributed by atoms with van der Waals surface area (Å²) in [7, 11) is 0. The molecule has 1 aromatic rings. The fraction of sp³-hybridized carbons (Fsp3) is 0.273. The van der Waals surface area contributed by atoms with Crippen LogP contribution in [0.3, 0.4) is 0 Å². The largest absolute Gasteiger partial charge is 0.153 e. The van der Waals surface area contributed by atoms with E-state index in [-0.39, 0.29) is 0 Å². The van der Waals surface area contributed by atoms with Crippen LogP contribution in [0.2, 0.25) is 0 Å². The van der Waals surface area contributed by atoms with Gasteiger partial charge in [-0.1, -0.05) is 42.5 Å². The molecule has 0 aliphatic heterocycles. The lowest BCUT2D eigenvalue weighted by atomic mass is 10.2. The van der Waals surface area contributed by atoms with Crippen LogP contribution in [0.15, 0.2) is 42.5 Å². The summed E-state index contributed by atoms with van der Waals surface area (Å²) in [5.41, 5.74) is 2.64. The molecule has 0 nitrogen and oxygen atoms in total. The fourth-order valence-corrected chi connectivity index (χ4v) is 1.80. The summed E-state index contributed by atoms with van der Waals surface area (Å²) in [6.07, 6.45) is 0. The van der Waals surface area contributed by atoms with E-state index < -0.39 is 0 Å². The third-order valence-corrected chi connectivity index (χ3v) is 2.69. The van der Waals surface area contributed by atoms with E-state index in [0.717, 1.165) is 11.5 Å². The van der Waals surface area contributed by atoms with E-state index in [0.29, 0.717) is 0 Å². The molecule has 12 heavy (non-hydrogen) atoms. The lowest BCUT2D eigenvalue weighted by Gasteiger charge is -2.00. The summed E-state index contributed by atoms with van der Waals surface area (Å²) < 4.78 is 0. The Morgan fingerprint density at radius 2 is 2.00 bits per heavy atom. The summed E-state index contributed by atoms with van der Waals surface area (Å²) >= 11 is 1.91. The van der Waals surface area contributed by atoms with Gasteiger partial charge in [0, 0.05) is 11.5 Å². The number of thioether (sulfide) groups is 1. The van der Waals surface area contributed by atoms with Crippen LogP contribution in [0.4, 0.5) is 0 Å². The number of rotatable bonds is 4. The molecule has 0 aromatic heterocycles. The molecule has 0 saturated heterocycles. The van der Waals surface area contributed by atoms with Crippen LogP contribution in [0, 0.1) is 0 Å². The Labute approximate surface area is 78.7 Å². The SMILES string of the molecule is C=C(C)CSCc1ccccc1. The number of hydrogen-bond acceptors (Lipinski definition) is 1. The van der Waals surface area contributed by atoms with Crippen LogP contribution >= 0.6 is 11.8 Å². The molecule has 1 heteroatoms. The number of benzene rings is 1. The van der Waals surface area contributed by atoms with E-state index in [2.05, 4.69) is 37.8 Å². The molecule has 0 unspecified atom stereocenters. The van der Waals surface area contributed by atoms with E-state index in [9.17, 15) is 0 Å². The molecule has 0 bridgehead atoms. The van der Waals surface area contributed by atoms with Gasteiger partial charge in [-0.05, 0) is 12.5 Å². The van der Waals surface area contributed by atoms with Crippen molar-refractivity contribution in [1.82, 2.24) is 0 Å². The molecule has 0 radical (unpaired) electrons. The highest BCUT2D eigenvalue weighted by atomic mass is 32.2. The van der Waals surface area contributed by atoms with Crippen molar-refractivity contribution in [3.63, 3.8) is 0 Å². The molecule has 0 heterocycles. The lowest BCUT2D eigenvalue weighted by Crippen LogP contribution is -1.82. The molecule has 0 fully saturated rings. The molecular formula is C11H14S.